The van der Waals surface area contributed by atoms with E-state index in [1.807, 2.05) is 6.33 Å². The van der Waals surface area contributed by atoms with Crippen LogP contribution in [0.15, 0.2) is 24.0 Å². The van der Waals surface area contributed by atoms with Crippen molar-refractivity contribution in [2.75, 3.05) is 5.32 Å². The fourth-order valence-electron chi connectivity index (χ4n) is 4.47. The third kappa shape index (κ3) is 3.71. The van der Waals surface area contributed by atoms with Gasteiger partial charge in [-0.15, -0.1) is 0 Å². The standard InChI is InChI=1S/C23H28N4OS/c1-14-9-19-20(10-15(14)2)27(13-24-19)12-16-7-8-18-22(11-16)29-23(26-18)25-17-5-3-4-6-21(17)28/h9-11,13,17,21,28H,3-8,12H2,1-2H3,(H,25,26)/t17-,21-/m1/s1. The first-order valence-corrected chi connectivity index (χ1v) is 11.4. The lowest BCUT2D eigenvalue weighted by molar-refractivity contribution is 0.116. The molecule has 0 saturated heterocycles. The van der Waals surface area contributed by atoms with Crippen LogP contribution in [0.5, 0.6) is 0 Å². The van der Waals surface area contributed by atoms with E-state index in [1.165, 1.54) is 39.2 Å². The number of aromatic nitrogens is 3. The predicted molar refractivity (Wildman–Crippen MR) is 120 cm³/mol. The maximum atomic E-state index is 10.2. The van der Waals surface area contributed by atoms with Gasteiger partial charge in [-0.2, -0.15) is 0 Å². The first kappa shape index (κ1) is 18.8. The van der Waals surface area contributed by atoms with Crippen LogP contribution < -0.4 is 5.32 Å². The summed E-state index contributed by atoms with van der Waals surface area (Å²) < 4.78 is 2.26. The molecule has 152 valence electrons. The highest BCUT2D eigenvalue weighted by Gasteiger charge is 2.25. The van der Waals surface area contributed by atoms with Gasteiger partial charge in [-0.3, -0.25) is 0 Å². The Kier molecular flexibility index (Phi) is 4.92. The van der Waals surface area contributed by atoms with Crippen LogP contribution in [-0.4, -0.2) is 31.8 Å². The molecule has 5 rings (SSSR count). The number of imidazole rings is 1. The molecule has 2 heterocycles. The number of aryl methyl sites for hydroxylation is 3. The van der Waals surface area contributed by atoms with E-state index in [4.69, 9.17) is 4.98 Å². The summed E-state index contributed by atoms with van der Waals surface area (Å²) in [6.45, 7) is 5.18. The molecule has 0 spiro atoms. The van der Waals surface area contributed by atoms with Gasteiger partial charge in [0, 0.05) is 6.54 Å². The van der Waals surface area contributed by atoms with Gasteiger partial charge in [-0.1, -0.05) is 24.2 Å². The molecule has 1 aromatic carbocycles. The molecular formula is C23H28N4OS. The molecule has 2 aliphatic rings. The zero-order valence-electron chi connectivity index (χ0n) is 17.1. The second-order valence-corrected chi connectivity index (χ2v) is 9.56. The van der Waals surface area contributed by atoms with E-state index < -0.39 is 0 Å². The molecule has 29 heavy (non-hydrogen) atoms. The molecule has 2 N–H and O–H groups in total. The number of aliphatic hydroxyl groups excluding tert-OH is 1. The minimum absolute atomic E-state index is 0.142. The van der Waals surface area contributed by atoms with Gasteiger partial charge >= 0.3 is 0 Å². The van der Waals surface area contributed by atoms with Gasteiger partial charge in [0.25, 0.3) is 0 Å². The van der Waals surface area contributed by atoms with Gasteiger partial charge in [0.1, 0.15) is 0 Å². The van der Waals surface area contributed by atoms with E-state index in [1.54, 1.807) is 11.3 Å². The Balaban J connectivity index is 1.35. The van der Waals surface area contributed by atoms with E-state index in [0.29, 0.717) is 0 Å². The van der Waals surface area contributed by atoms with Crippen LogP contribution in [0.1, 0.15) is 53.8 Å². The molecule has 1 saturated carbocycles. The quantitative estimate of drug-likeness (QED) is 0.647. The fourth-order valence-corrected chi connectivity index (χ4v) is 5.54. The number of allylic oxidation sites excluding steroid dienone is 1. The highest BCUT2D eigenvalue weighted by atomic mass is 32.1. The molecule has 0 bridgehead atoms. The Labute approximate surface area is 175 Å². The normalized spacial score (nSPS) is 21.8. The third-order valence-corrected chi connectivity index (χ3v) is 7.37. The smallest absolute Gasteiger partial charge is 0.183 e. The van der Waals surface area contributed by atoms with Crippen molar-refractivity contribution in [3.63, 3.8) is 0 Å². The zero-order chi connectivity index (χ0) is 20.0. The number of rotatable bonds is 4. The van der Waals surface area contributed by atoms with E-state index in [2.05, 4.69) is 46.9 Å². The van der Waals surface area contributed by atoms with Crippen molar-refractivity contribution < 1.29 is 5.11 Å². The first-order valence-electron chi connectivity index (χ1n) is 10.6. The third-order valence-electron chi connectivity index (χ3n) is 6.39. The number of hydrogen-bond acceptors (Lipinski definition) is 5. The summed E-state index contributed by atoms with van der Waals surface area (Å²) >= 11 is 1.72. The Morgan fingerprint density at radius 1 is 1.17 bits per heavy atom. The highest BCUT2D eigenvalue weighted by Crippen LogP contribution is 2.34. The molecule has 3 aromatic rings. The van der Waals surface area contributed by atoms with Gasteiger partial charge in [0.15, 0.2) is 5.13 Å². The molecule has 2 atom stereocenters. The molecule has 0 amide bonds. The van der Waals surface area contributed by atoms with Crippen LogP contribution in [-0.2, 0) is 13.0 Å². The monoisotopic (exact) mass is 408 g/mol. The average Bonchev–Trinajstić information content (AvgIpc) is 3.27. The molecule has 5 nitrogen and oxygen atoms in total. The number of nitrogens with one attached hydrogen (secondary N) is 1. The highest BCUT2D eigenvalue weighted by molar-refractivity contribution is 7.16. The Hall–Kier alpha value is -2.18. The van der Waals surface area contributed by atoms with E-state index in [9.17, 15) is 5.11 Å². The van der Waals surface area contributed by atoms with Crippen LogP contribution in [0.2, 0.25) is 0 Å². The van der Waals surface area contributed by atoms with E-state index in [-0.39, 0.29) is 12.1 Å². The lowest BCUT2D eigenvalue weighted by atomic mass is 9.93. The molecule has 2 aromatic heterocycles. The molecule has 2 aliphatic carbocycles. The molecule has 1 fully saturated rings. The van der Waals surface area contributed by atoms with Crippen molar-refractivity contribution in [1.29, 1.82) is 0 Å². The summed E-state index contributed by atoms with van der Waals surface area (Å²) in [5.74, 6) is 0. The average molecular weight is 409 g/mol. The summed E-state index contributed by atoms with van der Waals surface area (Å²) in [6.07, 6.45) is 10.3. The number of benzene rings is 1. The van der Waals surface area contributed by atoms with Crippen molar-refractivity contribution in [3.05, 3.63) is 45.7 Å². The SMILES string of the molecule is Cc1cc2ncn(CC3=Cc4sc(N[C@@H]5CCCC[C@H]5O)nc4CC3)c2cc1C. The van der Waals surface area contributed by atoms with E-state index >= 15 is 0 Å². The topological polar surface area (TPSA) is 63.0 Å². The molecular weight excluding hydrogens is 380 g/mol. The number of hydrogen-bond donors (Lipinski definition) is 2. The minimum Gasteiger partial charge on any atom is -0.391 e. The number of fused-ring (bicyclic) bond motifs is 2. The summed E-state index contributed by atoms with van der Waals surface area (Å²) in [5, 5.41) is 14.7. The molecule has 6 heteroatoms. The lowest BCUT2D eigenvalue weighted by Crippen LogP contribution is -2.36. The van der Waals surface area contributed by atoms with Gasteiger partial charge in [0.05, 0.1) is 40.1 Å². The van der Waals surface area contributed by atoms with Crippen molar-refractivity contribution >= 4 is 33.6 Å². The van der Waals surface area contributed by atoms with Crippen molar-refractivity contribution in [3.8, 4) is 0 Å². The molecule has 0 aliphatic heterocycles. The fraction of sp³-hybridized carbons (Fsp3) is 0.478. The van der Waals surface area contributed by atoms with Crippen LogP contribution in [0.3, 0.4) is 0 Å². The number of aliphatic hydroxyl groups is 1. The maximum Gasteiger partial charge on any atom is 0.183 e. The first-order chi connectivity index (χ1) is 14.1. The summed E-state index contributed by atoms with van der Waals surface area (Å²) in [7, 11) is 0. The number of anilines is 1. The number of thiazole rings is 1. The van der Waals surface area contributed by atoms with Gasteiger partial charge in [0.2, 0.25) is 0 Å². The largest absolute Gasteiger partial charge is 0.391 e. The van der Waals surface area contributed by atoms with Gasteiger partial charge < -0.3 is 15.0 Å². The van der Waals surface area contributed by atoms with Crippen molar-refractivity contribution in [2.45, 2.75) is 71.1 Å². The maximum absolute atomic E-state index is 10.2. The minimum atomic E-state index is -0.252. The lowest BCUT2D eigenvalue weighted by Gasteiger charge is -2.28. The van der Waals surface area contributed by atoms with Crippen molar-refractivity contribution in [1.82, 2.24) is 14.5 Å². The van der Waals surface area contributed by atoms with Crippen LogP contribution in [0.4, 0.5) is 5.13 Å². The Morgan fingerprint density at radius 2 is 2.00 bits per heavy atom. The molecule has 0 unspecified atom stereocenters. The second kappa shape index (κ2) is 7.58. The van der Waals surface area contributed by atoms with Crippen LogP contribution in [0, 0.1) is 13.8 Å². The summed E-state index contributed by atoms with van der Waals surface area (Å²) in [5.41, 5.74) is 7.48. The summed E-state index contributed by atoms with van der Waals surface area (Å²) in [4.78, 5) is 10.7. The second-order valence-electron chi connectivity index (χ2n) is 8.53. The number of nitrogens with zero attached hydrogens (tertiary/aromatic N) is 3. The van der Waals surface area contributed by atoms with Gasteiger partial charge in [-0.25, -0.2) is 9.97 Å². The zero-order valence-corrected chi connectivity index (χ0v) is 17.9. The Morgan fingerprint density at radius 3 is 2.86 bits per heavy atom. The molecule has 0 radical (unpaired) electrons. The van der Waals surface area contributed by atoms with Gasteiger partial charge in [-0.05, 0) is 74.4 Å². The predicted octanol–water partition coefficient (Wildman–Crippen LogP) is 4.85. The summed E-state index contributed by atoms with van der Waals surface area (Å²) in [6, 6.07) is 4.57. The van der Waals surface area contributed by atoms with E-state index in [0.717, 1.165) is 49.3 Å². The van der Waals surface area contributed by atoms with Crippen molar-refractivity contribution in [2.24, 2.45) is 0 Å². The Bertz CT molecular complexity index is 1080. The van der Waals surface area contributed by atoms with Crippen LogP contribution >= 0.6 is 11.3 Å². The van der Waals surface area contributed by atoms with Crippen LogP contribution in [0.25, 0.3) is 17.1 Å².